The van der Waals surface area contributed by atoms with Gasteiger partial charge in [-0.3, -0.25) is 0 Å². The lowest BCUT2D eigenvalue weighted by molar-refractivity contribution is 0.414. The van der Waals surface area contributed by atoms with E-state index in [1.54, 1.807) is 7.11 Å². The van der Waals surface area contributed by atoms with E-state index in [2.05, 4.69) is 9.97 Å². The number of H-pyrrole nitrogens is 1. The Morgan fingerprint density at radius 2 is 2.00 bits per heavy atom. The highest BCUT2D eigenvalue weighted by Gasteiger charge is 2.05. The first-order chi connectivity index (χ1) is 8.10. The molecule has 0 bridgehead atoms. The number of nitrogens with zero attached hydrogens (tertiary/aromatic N) is 1. The van der Waals surface area contributed by atoms with Gasteiger partial charge in [-0.05, 0) is 55.9 Å². The monoisotopic (exact) mass is 246 g/mol. The zero-order chi connectivity index (χ0) is 12.4. The number of aryl methyl sites for hydroxylation is 2. The molecule has 0 radical (unpaired) electrons. The third kappa shape index (κ3) is 2.53. The lowest BCUT2D eigenvalue weighted by Gasteiger charge is -2.08. The second-order valence-electron chi connectivity index (χ2n) is 3.94. The molecule has 0 aliphatic heterocycles. The Bertz CT molecular complexity index is 605. The third-order valence-corrected chi connectivity index (χ3v) is 2.78. The van der Waals surface area contributed by atoms with E-state index in [9.17, 15) is 0 Å². The van der Waals surface area contributed by atoms with Crippen molar-refractivity contribution in [2.24, 2.45) is 0 Å². The summed E-state index contributed by atoms with van der Waals surface area (Å²) in [5.41, 5.74) is 4.10. The molecule has 0 amide bonds. The minimum absolute atomic E-state index is 0.509. The number of methoxy groups -OCH3 is 1. The number of hydrogen-bond donors (Lipinski definition) is 1. The number of ether oxygens (including phenoxy) is 1. The molecule has 0 saturated carbocycles. The first-order valence-electron chi connectivity index (χ1n) is 5.33. The molecule has 4 heteroatoms. The molecule has 1 aromatic carbocycles. The van der Waals surface area contributed by atoms with E-state index in [-0.39, 0.29) is 0 Å². The predicted molar refractivity (Wildman–Crippen MR) is 70.9 cm³/mol. The van der Waals surface area contributed by atoms with Gasteiger partial charge in [0.15, 0.2) is 4.77 Å². The van der Waals surface area contributed by atoms with Crippen molar-refractivity contribution in [3.8, 4) is 17.0 Å². The van der Waals surface area contributed by atoms with Gasteiger partial charge in [0.2, 0.25) is 0 Å². The van der Waals surface area contributed by atoms with Crippen LogP contribution in [-0.4, -0.2) is 17.1 Å². The molecule has 88 valence electrons. The van der Waals surface area contributed by atoms with Crippen LogP contribution in [0.4, 0.5) is 0 Å². The summed E-state index contributed by atoms with van der Waals surface area (Å²) in [6, 6.07) is 7.92. The van der Waals surface area contributed by atoms with E-state index in [0.717, 1.165) is 28.3 Å². The molecule has 0 saturated heterocycles. The topological polar surface area (TPSA) is 37.9 Å². The van der Waals surface area contributed by atoms with Crippen molar-refractivity contribution in [1.82, 2.24) is 9.97 Å². The van der Waals surface area contributed by atoms with Gasteiger partial charge in [-0.2, -0.15) is 0 Å². The van der Waals surface area contributed by atoms with Crippen LogP contribution in [0.2, 0.25) is 0 Å². The van der Waals surface area contributed by atoms with Crippen molar-refractivity contribution in [2.75, 3.05) is 7.11 Å². The Kier molecular flexibility index (Phi) is 3.24. The molecular weight excluding hydrogens is 232 g/mol. The van der Waals surface area contributed by atoms with Crippen molar-refractivity contribution < 1.29 is 4.74 Å². The first kappa shape index (κ1) is 11.8. The second kappa shape index (κ2) is 4.67. The summed E-state index contributed by atoms with van der Waals surface area (Å²) in [7, 11) is 1.66. The Labute approximate surface area is 105 Å². The number of rotatable bonds is 2. The maximum Gasteiger partial charge on any atom is 0.197 e. The van der Waals surface area contributed by atoms with Crippen LogP contribution < -0.4 is 4.74 Å². The minimum atomic E-state index is 0.509. The molecule has 0 fully saturated rings. The number of aromatic amines is 1. The van der Waals surface area contributed by atoms with Crippen LogP contribution >= 0.6 is 12.2 Å². The average Bonchev–Trinajstić information content (AvgIpc) is 2.27. The van der Waals surface area contributed by atoms with E-state index in [4.69, 9.17) is 17.0 Å². The van der Waals surface area contributed by atoms with Gasteiger partial charge in [0.25, 0.3) is 0 Å². The maximum atomic E-state index is 5.19. The fraction of sp³-hybridized carbons (Fsp3) is 0.231. The lowest BCUT2D eigenvalue weighted by Crippen LogP contribution is -1.93. The fourth-order valence-corrected chi connectivity index (χ4v) is 2.03. The summed E-state index contributed by atoms with van der Waals surface area (Å²) >= 11 is 5.09. The summed E-state index contributed by atoms with van der Waals surface area (Å²) in [4.78, 5) is 7.34. The van der Waals surface area contributed by atoms with Gasteiger partial charge in [-0.1, -0.05) is 0 Å². The molecule has 0 spiro atoms. The fourth-order valence-electron chi connectivity index (χ4n) is 1.77. The average molecular weight is 246 g/mol. The summed E-state index contributed by atoms with van der Waals surface area (Å²) in [5.74, 6) is 0.851. The van der Waals surface area contributed by atoms with E-state index in [1.165, 1.54) is 0 Å². The van der Waals surface area contributed by atoms with E-state index in [1.807, 2.05) is 38.1 Å². The van der Waals surface area contributed by atoms with Crippen LogP contribution in [0, 0.1) is 18.6 Å². The highest BCUT2D eigenvalue weighted by Crippen LogP contribution is 2.25. The summed E-state index contributed by atoms with van der Waals surface area (Å²) in [6.07, 6.45) is 0. The Morgan fingerprint density at radius 1 is 1.24 bits per heavy atom. The molecule has 0 atom stereocenters. The van der Waals surface area contributed by atoms with Crippen LogP contribution in [0.1, 0.15) is 11.3 Å². The SMILES string of the molecule is COc1ccc(-c2cc(C)[nH]c(=S)n2)c(C)c1. The van der Waals surface area contributed by atoms with Crippen LogP contribution in [0.15, 0.2) is 24.3 Å². The number of benzene rings is 1. The van der Waals surface area contributed by atoms with Crippen molar-refractivity contribution in [3.63, 3.8) is 0 Å². The van der Waals surface area contributed by atoms with Crippen molar-refractivity contribution >= 4 is 12.2 Å². The normalized spacial score (nSPS) is 10.3. The predicted octanol–water partition coefficient (Wildman–Crippen LogP) is 3.43. The molecule has 0 unspecified atom stereocenters. The van der Waals surface area contributed by atoms with Gasteiger partial charge in [-0.15, -0.1) is 0 Å². The van der Waals surface area contributed by atoms with Gasteiger partial charge >= 0.3 is 0 Å². The first-order valence-corrected chi connectivity index (χ1v) is 5.74. The molecule has 2 rings (SSSR count). The van der Waals surface area contributed by atoms with Gasteiger partial charge in [-0.25, -0.2) is 4.98 Å². The van der Waals surface area contributed by atoms with Gasteiger partial charge in [0.1, 0.15) is 5.75 Å². The number of hydrogen-bond acceptors (Lipinski definition) is 3. The summed E-state index contributed by atoms with van der Waals surface area (Å²) in [6.45, 7) is 4.01. The Hall–Kier alpha value is -1.68. The second-order valence-corrected chi connectivity index (χ2v) is 4.32. The highest BCUT2D eigenvalue weighted by molar-refractivity contribution is 7.71. The lowest BCUT2D eigenvalue weighted by atomic mass is 10.0. The van der Waals surface area contributed by atoms with Crippen molar-refractivity contribution in [1.29, 1.82) is 0 Å². The highest BCUT2D eigenvalue weighted by atomic mass is 32.1. The third-order valence-electron chi connectivity index (χ3n) is 2.59. The largest absolute Gasteiger partial charge is 0.497 e. The van der Waals surface area contributed by atoms with Crippen LogP contribution in [-0.2, 0) is 0 Å². The number of aromatic nitrogens is 2. The van der Waals surface area contributed by atoms with E-state index < -0.39 is 0 Å². The van der Waals surface area contributed by atoms with E-state index >= 15 is 0 Å². The molecule has 1 heterocycles. The molecule has 1 N–H and O–H groups in total. The zero-order valence-electron chi connectivity index (χ0n) is 10.1. The van der Waals surface area contributed by atoms with Crippen LogP contribution in [0.25, 0.3) is 11.3 Å². The zero-order valence-corrected chi connectivity index (χ0v) is 10.9. The quantitative estimate of drug-likeness (QED) is 0.825. The van der Waals surface area contributed by atoms with E-state index in [0.29, 0.717) is 4.77 Å². The smallest absolute Gasteiger partial charge is 0.197 e. The molecule has 3 nitrogen and oxygen atoms in total. The van der Waals surface area contributed by atoms with Crippen molar-refractivity contribution in [2.45, 2.75) is 13.8 Å². The molecule has 0 aliphatic rings. The molecule has 1 aromatic heterocycles. The molecule has 0 aliphatic carbocycles. The molecular formula is C13H14N2OS. The molecule has 17 heavy (non-hydrogen) atoms. The van der Waals surface area contributed by atoms with Crippen LogP contribution in [0.5, 0.6) is 5.75 Å². The Balaban J connectivity index is 2.56. The standard InChI is InChI=1S/C13H14N2OS/c1-8-6-10(16-3)4-5-11(8)12-7-9(2)14-13(17)15-12/h4-7H,1-3H3,(H,14,15,17). The van der Waals surface area contributed by atoms with Crippen molar-refractivity contribution in [3.05, 3.63) is 40.3 Å². The number of nitrogens with one attached hydrogen (secondary N) is 1. The Morgan fingerprint density at radius 3 is 2.59 bits per heavy atom. The van der Waals surface area contributed by atoms with Crippen LogP contribution in [0.3, 0.4) is 0 Å². The molecule has 2 aromatic rings. The summed E-state index contributed by atoms with van der Waals surface area (Å²) in [5, 5.41) is 0. The maximum absolute atomic E-state index is 5.19. The van der Waals surface area contributed by atoms with Gasteiger partial charge in [0, 0.05) is 11.3 Å². The minimum Gasteiger partial charge on any atom is -0.497 e. The summed E-state index contributed by atoms with van der Waals surface area (Å²) < 4.78 is 5.70. The van der Waals surface area contributed by atoms with Gasteiger partial charge in [0.05, 0.1) is 12.8 Å². The van der Waals surface area contributed by atoms with Gasteiger partial charge < -0.3 is 9.72 Å².